The minimum Gasteiger partial charge on any atom is -0.486 e. The number of pyridine rings is 1. The number of carbonyl (C=O) groups is 1. The largest absolute Gasteiger partial charge is 0.486 e. The molecule has 0 unspecified atom stereocenters. The van der Waals surface area contributed by atoms with Crippen molar-refractivity contribution in [1.29, 1.82) is 0 Å². The third-order valence-electron chi connectivity index (χ3n) is 8.34. The number of fused-ring (bicyclic) bond motifs is 1. The van der Waals surface area contributed by atoms with Crippen molar-refractivity contribution < 1.29 is 19.1 Å². The van der Waals surface area contributed by atoms with E-state index in [0.717, 1.165) is 75.9 Å². The molecule has 10 heteroatoms. The zero-order chi connectivity index (χ0) is 28.0. The maximum atomic E-state index is 13.3. The van der Waals surface area contributed by atoms with Crippen LogP contribution in [0.2, 0.25) is 0 Å². The van der Waals surface area contributed by atoms with Gasteiger partial charge in [0.25, 0.3) is 0 Å². The van der Waals surface area contributed by atoms with Crippen molar-refractivity contribution in [2.45, 2.75) is 63.8 Å². The van der Waals surface area contributed by atoms with Crippen LogP contribution in [0.15, 0.2) is 47.3 Å². The Morgan fingerprint density at radius 1 is 1.17 bits per heavy atom. The van der Waals surface area contributed by atoms with Crippen LogP contribution in [0, 0.1) is 0 Å². The lowest BCUT2D eigenvalue weighted by Crippen LogP contribution is -2.44. The molecule has 10 nitrogen and oxygen atoms in total. The Kier molecular flexibility index (Phi) is 8.79. The van der Waals surface area contributed by atoms with Crippen LogP contribution in [-0.2, 0) is 19.6 Å². The maximum absolute atomic E-state index is 13.3. The molecule has 1 aromatic carbocycles. The Hall–Kier alpha value is -3.47. The molecular formula is C31H40N6O4. The molecule has 2 aliphatic heterocycles. The molecule has 1 saturated carbocycles. The van der Waals surface area contributed by atoms with Gasteiger partial charge in [0.1, 0.15) is 24.0 Å². The van der Waals surface area contributed by atoms with Gasteiger partial charge in [-0.2, -0.15) is 0 Å². The Morgan fingerprint density at radius 2 is 2.05 bits per heavy atom. The molecule has 1 saturated heterocycles. The number of Topliss-reactive ketones (excluding diaryl/α,β-unsaturated/α-hetero) is 1. The van der Waals surface area contributed by atoms with E-state index in [1.165, 1.54) is 23.9 Å². The number of β-amino-alcohol motifs (C(OH)–C–C–N with tert-alkyl or cyclic N) is 1. The predicted octanol–water partition coefficient (Wildman–Crippen LogP) is 3.40. The molecule has 1 atom stereocenters. The van der Waals surface area contributed by atoms with Gasteiger partial charge in [-0.3, -0.25) is 9.69 Å². The Balaban J connectivity index is 1.01. The lowest BCUT2D eigenvalue weighted by molar-refractivity contribution is 0.0836. The summed E-state index contributed by atoms with van der Waals surface area (Å²) in [5.74, 6) is 3.21. The quantitative estimate of drug-likeness (QED) is 0.285. The highest BCUT2D eigenvalue weighted by Crippen LogP contribution is 2.27. The summed E-state index contributed by atoms with van der Waals surface area (Å²) in [6, 6.07) is 10.4. The van der Waals surface area contributed by atoms with Crippen LogP contribution in [0.3, 0.4) is 0 Å². The number of oxazole rings is 1. The zero-order valence-electron chi connectivity index (χ0n) is 23.6. The average molecular weight is 561 g/mol. The Labute approximate surface area is 241 Å². The van der Waals surface area contributed by atoms with Crippen molar-refractivity contribution >= 4 is 17.4 Å². The average Bonchev–Trinajstić information content (AvgIpc) is 3.51. The fourth-order valence-electron chi connectivity index (χ4n) is 5.70. The number of benzene rings is 1. The molecule has 2 aromatic heterocycles. The van der Waals surface area contributed by atoms with E-state index in [1.807, 2.05) is 18.2 Å². The second-order valence-electron chi connectivity index (χ2n) is 11.4. The summed E-state index contributed by atoms with van der Waals surface area (Å²) in [7, 11) is 0. The van der Waals surface area contributed by atoms with Crippen molar-refractivity contribution in [3.05, 3.63) is 65.4 Å². The van der Waals surface area contributed by atoms with E-state index in [1.54, 1.807) is 6.20 Å². The van der Waals surface area contributed by atoms with Gasteiger partial charge in [-0.15, -0.1) is 0 Å². The van der Waals surface area contributed by atoms with Crippen molar-refractivity contribution in [2.24, 2.45) is 0 Å². The minimum atomic E-state index is -0.563. The van der Waals surface area contributed by atoms with E-state index in [9.17, 15) is 9.90 Å². The third-order valence-corrected chi connectivity index (χ3v) is 8.34. The van der Waals surface area contributed by atoms with E-state index < -0.39 is 6.10 Å². The van der Waals surface area contributed by atoms with Gasteiger partial charge in [-0.25, -0.2) is 9.97 Å². The molecule has 0 bridgehead atoms. The zero-order valence-corrected chi connectivity index (χ0v) is 23.6. The van der Waals surface area contributed by atoms with Gasteiger partial charge in [-0.1, -0.05) is 6.07 Å². The summed E-state index contributed by atoms with van der Waals surface area (Å²) in [6.07, 6.45) is 7.67. The number of carbonyl (C=O) groups excluding carboxylic acids is 1. The molecule has 41 heavy (non-hydrogen) atoms. The van der Waals surface area contributed by atoms with Crippen LogP contribution in [0.25, 0.3) is 0 Å². The van der Waals surface area contributed by atoms with Crippen LogP contribution in [-0.4, -0.2) is 77.2 Å². The molecule has 3 aliphatic rings. The van der Waals surface area contributed by atoms with Crippen LogP contribution in [0.4, 0.5) is 11.6 Å². The number of ketones is 1. The van der Waals surface area contributed by atoms with Gasteiger partial charge in [0, 0.05) is 63.8 Å². The topological polar surface area (TPSA) is 116 Å². The van der Waals surface area contributed by atoms with Crippen molar-refractivity contribution in [3.63, 3.8) is 0 Å². The number of piperazine rings is 1. The van der Waals surface area contributed by atoms with E-state index >= 15 is 0 Å². The maximum Gasteiger partial charge on any atom is 0.181 e. The summed E-state index contributed by atoms with van der Waals surface area (Å²) in [6.45, 7) is 6.12. The highest BCUT2D eigenvalue weighted by atomic mass is 16.5. The molecule has 0 amide bonds. The normalized spacial score (nSPS) is 18.4. The highest BCUT2D eigenvalue weighted by Gasteiger charge is 2.23. The number of nitrogens with one attached hydrogen (secondary N) is 2. The van der Waals surface area contributed by atoms with Gasteiger partial charge < -0.3 is 29.8 Å². The molecule has 4 heterocycles. The summed E-state index contributed by atoms with van der Waals surface area (Å²) in [5.41, 5.74) is 3.19. The number of nitrogens with zero attached hydrogens (tertiary/aromatic N) is 4. The number of ether oxygens (including phenoxy) is 1. The second kappa shape index (κ2) is 13.0. The summed E-state index contributed by atoms with van der Waals surface area (Å²) in [5, 5.41) is 17.8. The fourth-order valence-corrected chi connectivity index (χ4v) is 5.70. The fraction of sp³-hybridized carbons (Fsp3) is 0.516. The highest BCUT2D eigenvalue weighted by molar-refractivity contribution is 5.97. The first-order valence-corrected chi connectivity index (χ1v) is 14.9. The first-order chi connectivity index (χ1) is 20.1. The second-order valence-corrected chi connectivity index (χ2v) is 11.4. The number of hydrogen-bond acceptors (Lipinski definition) is 10. The molecule has 2 fully saturated rings. The molecule has 6 rings (SSSR count). The lowest BCUT2D eigenvalue weighted by atomic mass is 9.93. The van der Waals surface area contributed by atoms with Gasteiger partial charge in [0.15, 0.2) is 17.9 Å². The standard InChI is InChI=1S/C31H40N6O4/c38-26(19-36-11-8-22-14-27(6-4-23(22)18-36)40-20-28-17-33-21-41-28)5-7-29(39)24-15-30(34-25-2-1-3-25)35-31(16-24)37-12-9-32-10-13-37/h4,6,14-17,21,25-26,32,38H,1-3,5,7-13,18-20H2,(H,34,35)/t26-/m0/s1. The Morgan fingerprint density at radius 3 is 2.83 bits per heavy atom. The van der Waals surface area contributed by atoms with E-state index in [2.05, 4.69) is 37.6 Å². The first-order valence-electron chi connectivity index (χ1n) is 14.9. The van der Waals surface area contributed by atoms with E-state index in [-0.39, 0.29) is 5.78 Å². The lowest BCUT2D eigenvalue weighted by Gasteiger charge is -2.31. The first kappa shape index (κ1) is 27.7. The molecule has 3 N–H and O–H groups in total. The molecule has 3 aromatic rings. The molecule has 0 radical (unpaired) electrons. The van der Waals surface area contributed by atoms with Gasteiger partial charge >= 0.3 is 0 Å². The number of rotatable bonds is 12. The molecular weight excluding hydrogens is 520 g/mol. The summed E-state index contributed by atoms with van der Waals surface area (Å²) in [4.78, 5) is 26.6. The van der Waals surface area contributed by atoms with Crippen LogP contribution in [0.1, 0.15) is 59.3 Å². The van der Waals surface area contributed by atoms with Gasteiger partial charge in [-0.05, 0) is 67.5 Å². The Bertz CT molecular complexity index is 1310. The van der Waals surface area contributed by atoms with E-state index in [4.69, 9.17) is 14.1 Å². The molecule has 0 spiro atoms. The smallest absolute Gasteiger partial charge is 0.181 e. The predicted molar refractivity (Wildman–Crippen MR) is 156 cm³/mol. The van der Waals surface area contributed by atoms with Crippen molar-refractivity contribution in [1.82, 2.24) is 20.2 Å². The van der Waals surface area contributed by atoms with E-state index in [0.29, 0.717) is 43.4 Å². The van der Waals surface area contributed by atoms with Crippen molar-refractivity contribution in [2.75, 3.05) is 49.5 Å². The SMILES string of the molecule is O=C(CC[C@H](O)CN1CCc2cc(OCc3cnco3)ccc2C1)c1cc(NC2CCC2)nc(N2CCNCC2)c1. The number of aliphatic hydroxyl groups is 1. The number of hydrogen-bond donors (Lipinski definition) is 3. The molecule has 218 valence electrons. The van der Waals surface area contributed by atoms with Gasteiger partial charge in [0.2, 0.25) is 0 Å². The number of aromatic nitrogens is 2. The number of aliphatic hydroxyl groups excluding tert-OH is 1. The minimum absolute atomic E-state index is 0.0568. The summed E-state index contributed by atoms with van der Waals surface area (Å²) >= 11 is 0. The molecule has 1 aliphatic carbocycles. The number of anilines is 2. The van der Waals surface area contributed by atoms with Crippen molar-refractivity contribution in [3.8, 4) is 5.75 Å². The monoisotopic (exact) mass is 560 g/mol. The third kappa shape index (κ3) is 7.25. The summed E-state index contributed by atoms with van der Waals surface area (Å²) < 4.78 is 11.1. The van der Waals surface area contributed by atoms with Crippen LogP contribution >= 0.6 is 0 Å². The van der Waals surface area contributed by atoms with Crippen LogP contribution in [0.5, 0.6) is 5.75 Å². The van der Waals surface area contributed by atoms with Crippen LogP contribution < -0.4 is 20.3 Å². The van der Waals surface area contributed by atoms with Gasteiger partial charge in [0.05, 0.1) is 12.3 Å².